The van der Waals surface area contributed by atoms with E-state index in [1.165, 1.54) is 0 Å². The summed E-state index contributed by atoms with van der Waals surface area (Å²) in [7, 11) is 0. The number of carbonyl (C=O) groups excluding carboxylic acids is 2. The molecule has 1 aliphatic rings. The quantitative estimate of drug-likeness (QED) is 0.739. The fourth-order valence-corrected chi connectivity index (χ4v) is 2.97. The number of ether oxygens (including phenoxy) is 2. The van der Waals surface area contributed by atoms with E-state index in [0.717, 1.165) is 17.0 Å². The Bertz CT molecular complexity index is 777. The highest BCUT2D eigenvalue weighted by Crippen LogP contribution is 2.28. The molecule has 3 rings (SSSR count). The van der Waals surface area contributed by atoms with Crippen LogP contribution in [-0.4, -0.2) is 30.2 Å². The molecule has 0 radical (unpaired) electrons. The number of hydrogen-bond acceptors (Lipinski definition) is 6. The van der Waals surface area contributed by atoms with Gasteiger partial charge in [0.1, 0.15) is 18.1 Å². The van der Waals surface area contributed by atoms with Crippen LogP contribution in [0.3, 0.4) is 0 Å². The van der Waals surface area contributed by atoms with Gasteiger partial charge in [0.2, 0.25) is 5.91 Å². The van der Waals surface area contributed by atoms with Crippen LogP contribution in [0, 0.1) is 19.8 Å². The van der Waals surface area contributed by atoms with Crippen LogP contribution in [0.1, 0.15) is 30.4 Å². The summed E-state index contributed by atoms with van der Waals surface area (Å²) in [5.74, 6) is 0.432. The minimum Gasteiger partial charge on any atom is -0.494 e. The number of amides is 1. The van der Waals surface area contributed by atoms with Gasteiger partial charge in [-0.2, -0.15) is 0 Å². The van der Waals surface area contributed by atoms with Crippen LogP contribution in [-0.2, 0) is 20.9 Å². The Labute approximate surface area is 151 Å². The van der Waals surface area contributed by atoms with E-state index in [4.69, 9.17) is 14.0 Å². The molecule has 0 aliphatic carbocycles. The molecule has 1 saturated heterocycles. The summed E-state index contributed by atoms with van der Waals surface area (Å²) in [6.07, 6.45) is 0.146. The summed E-state index contributed by atoms with van der Waals surface area (Å²) in [5.41, 5.74) is 2.22. The van der Waals surface area contributed by atoms with E-state index in [-0.39, 0.29) is 24.9 Å². The van der Waals surface area contributed by atoms with E-state index < -0.39 is 5.92 Å². The number of rotatable bonds is 6. The minimum atomic E-state index is -0.477. The van der Waals surface area contributed by atoms with Gasteiger partial charge in [0.05, 0.1) is 23.8 Å². The molecule has 1 aromatic carbocycles. The predicted molar refractivity (Wildman–Crippen MR) is 93.8 cm³/mol. The summed E-state index contributed by atoms with van der Waals surface area (Å²) >= 11 is 0. The molecule has 7 nitrogen and oxygen atoms in total. The Morgan fingerprint density at radius 3 is 2.65 bits per heavy atom. The first-order valence-electron chi connectivity index (χ1n) is 8.61. The van der Waals surface area contributed by atoms with Crippen LogP contribution in [0.2, 0.25) is 0 Å². The minimum absolute atomic E-state index is 0.0894. The van der Waals surface area contributed by atoms with E-state index >= 15 is 0 Å². The van der Waals surface area contributed by atoms with Crippen molar-refractivity contribution in [2.45, 2.75) is 33.8 Å². The summed E-state index contributed by atoms with van der Waals surface area (Å²) in [6.45, 7) is 6.49. The van der Waals surface area contributed by atoms with E-state index in [1.54, 1.807) is 18.7 Å². The van der Waals surface area contributed by atoms with Crippen molar-refractivity contribution in [1.29, 1.82) is 0 Å². The largest absolute Gasteiger partial charge is 0.494 e. The van der Waals surface area contributed by atoms with Crippen molar-refractivity contribution in [2.75, 3.05) is 18.1 Å². The highest BCUT2D eigenvalue weighted by molar-refractivity contribution is 5.99. The van der Waals surface area contributed by atoms with E-state index in [9.17, 15) is 9.59 Å². The molecule has 0 N–H and O–H groups in total. The highest BCUT2D eigenvalue weighted by Gasteiger charge is 2.36. The first-order valence-corrected chi connectivity index (χ1v) is 8.61. The zero-order chi connectivity index (χ0) is 18.7. The van der Waals surface area contributed by atoms with Crippen molar-refractivity contribution < 1.29 is 23.6 Å². The van der Waals surface area contributed by atoms with Gasteiger partial charge in [-0.15, -0.1) is 0 Å². The van der Waals surface area contributed by atoms with E-state index in [1.807, 2.05) is 31.2 Å². The Kier molecular flexibility index (Phi) is 5.25. The van der Waals surface area contributed by atoms with Crippen molar-refractivity contribution in [2.24, 2.45) is 5.92 Å². The number of carbonyl (C=O) groups is 2. The number of esters is 1. The van der Waals surface area contributed by atoms with Crippen molar-refractivity contribution in [3.05, 3.63) is 41.3 Å². The summed E-state index contributed by atoms with van der Waals surface area (Å²) in [6, 6.07) is 7.27. The third-order valence-electron chi connectivity index (χ3n) is 4.46. The third-order valence-corrected chi connectivity index (χ3v) is 4.46. The lowest BCUT2D eigenvalue weighted by Gasteiger charge is -2.17. The average molecular weight is 358 g/mol. The molecule has 2 aromatic rings. The van der Waals surface area contributed by atoms with Crippen LogP contribution in [0.25, 0.3) is 0 Å². The fourth-order valence-electron chi connectivity index (χ4n) is 2.97. The first kappa shape index (κ1) is 18.0. The Hall–Kier alpha value is -2.83. The van der Waals surface area contributed by atoms with Crippen molar-refractivity contribution in [3.63, 3.8) is 0 Å². The SMILES string of the molecule is CCOc1ccc(N2C[C@H](C(=O)OCc3c(C)noc3C)CC2=O)cc1. The molecule has 0 bridgehead atoms. The van der Waals surface area contributed by atoms with Crippen LogP contribution in [0.5, 0.6) is 5.75 Å². The third kappa shape index (κ3) is 3.71. The number of aromatic nitrogens is 1. The van der Waals surface area contributed by atoms with Gasteiger partial charge < -0.3 is 18.9 Å². The molecule has 138 valence electrons. The van der Waals surface area contributed by atoms with Gasteiger partial charge in [-0.05, 0) is 45.0 Å². The summed E-state index contributed by atoms with van der Waals surface area (Å²) in [4.78, 5) is 26.3. The lowest BCUT2D eigenvalue weighted by molar-refractivity contribution is -0.149. The molecule has 26 heavy (non-hydrogen) atoms. The molecule has 1 aromatic heterocycles. The normalized spacial score (nSPS) is 16.8. The molecule has 1 amide bonds. The van der Waals surface area contributed by atoms with Gasteiger partial charge >= 0.3 is 5.97 Å². The molecule has 1 aliphatic heterocycles. The maximum Gasteiger partial charge on any atom is 0.311 e. The predicted octanol–water partition coefficient (Wildman–Crippen LogP) is 2.79. The van der Waals surface area contributed by atoms with Gasteiger partial charge in [0.25, 0.3) is 0 Å². The fraction of sp³-hybridized carbons (Fsp3) is 0.421. The molecule has 1 fully saturated rings. The topological polar surface area (TPSA) is 81.9 Å². The number of aryl methyl sites for hydroxylation is 2. The smallest absolute Gasteiger partial charge is 0.311 e. The van der Waals surface area contributed by atoms with Crippen LogP contribution in [0.15, 0.2) is 28.8 Å². The maximum absolute atomic E-state index is 12.4. The number of hydrogen-bond donors (Lipinski definition) is 0. The summed E-state index contributed by atoms with van der Waals surface area (Å²) < 4.78 is 15.8. The van der Waals surface area contributed by atoms with Crippen LogP contribution < -0.4 is 9.64 Å². The monoisotopic (exact) mass is 358 g/mol. The van der Waals surface area contributed by atoms with E-state index in [0.29, 0.717) is 24.6 Å². The molecule has 0 unspecified atom stereocenters. The second-order valence-corrected chi connectivity index (χ2v) is 6.24. The number of nitrogens with zero attached hydrogens (tertiary/aromatic N) is 2. The second-order valence-electron chi connectivity index (χ2n) is 6.24. The van der Waals surface area contributed by atoms with Crippen LogP contribution >= 0.6 is 0 Å². The van der Waals surface area contributed by atoms with Crippen molar-refractivity contribution in [1.82, 2.24) is 5.16 Å². The van der Waals surface area contributed by atoms with Crippen LogP contribution in [0.4, 0.5) is 5.69 Å². The molecule has 0 spiro atoms. The standard InChI is InChI=1S/C19H22N2O5/c1-4-24-16-7-5-15(6-8-16)21-10-14(9-18(21)22)19(23)25-11-17-12(2)20-26-13(17)3/h5-8,14H,4,9-11H2,1-3H3/t14-/m1/s1. The number of benzene rings is 1. The maximum atomic E-state index is 12.4. The van der Waals surface area contributed by atoms with E-state index in [2.05, 4.69) is 5.16 Å². The molecule has 7 heteroatoms. The zero-order valence-electron chi connectivity index (χ0n) is 15.2. The average Bonchev–Trinajstić information content (AvgIpc) is 3.17. The van der Waals surface area contributed by atoms with Crippen molar-refractivity contribution >= 4 is 17.6 Å². The summed E-state index contributed by atoms with van der Waals surface area (Å²) in [5, 5.41) is 3.84. The van der Waals surface area contributed by atoms with Gasteiger partial charge in [-0.25, -0.2) is 0 Å². The molecular weight excluding hydrogens is 336 g/mol. The lowest BCUT2D eigenvalue weighted by atomic mass is 10.1. The van der Waals surface area contributed by atoms with Gasteiger partial charge in [-0.1, -0.05) is 5.16 Å². The molecule has 0 saturated carbocycles. The first-order chi connectivity index (χ1) is 12.5. The van der Waals surface area contributed by atoms with Gasteiger partial charge in [-0.3, -0.25) is 9.59 Å². The van der Waals surface area contributed by atoms with Gasteiger partial charge in [0, 0.05) is 18.7 Å². The van der Waals surface area contributed by atoms with Crippen molar-refractivity contribution in [3.8, 4) is 5.75 Å². The zero-order valence-corrected chi connectivity index (χ0v) is 15.2. The van der Waals surface area contributed by atoms with Gasteiger partial charge in [0.15, 0.2) is 0 Å². The molecule has 2 heterocycles. The Morgan fingerprint density at radius 2 is 2.04 bits per heavy atom. The Morgan fingerprint density at radius 1 is 1.31 bits per heavy atom. The highest BCUT2D eigenvalue weighted by atomic mass is 16.5. The second kappa shape index (κ2) is 7.59. The Balaban J connectivity index is 1.60. The number of anilines is 1. The lowest BCUT2D eigenvalue weighted by Crippen LogP contribution is -2.26. The molecular formula is C19H22N2O5. The molecule has 1 atom stereocenters.